The molecule has 0 bridgehead atoms. The summed E-state index contributed by atoms with van der Waals surface area (Å²) in [6.07, 6.45) is 3.17. The zero-order valence-electron chi connectivity index (χ0n) is 14.9. The normalized spacial score (nSPS) is 11.6. The van der Waals surface area contributed by atoms with Gasteiger partial charge in [-0.1, -0.05) is 25.9 Å². The number of carbonyl (C=O) groups excluding carboxylic acids is 1. The van der Waals surface area contributed by atoms with Crippen molar-refractivity contribution in [2.45, 2.75) is 33.1 Å². The van der Waals surface area contributed by atoms with E-state index in [9.17, 15) is 4.79 Å². The van der Waals surface area contributed by atoms with Crippen LogP contribution in [-0.4, -0.2) is 37.9 Å². The van der Waals surface area contributed by atoms with Crippen LogP contribution < -0.4 is 5.32 Å². The van der Waals surface area contributed by atoms with E-state index in [0.29, 0.717) is 28.8 Å². The van der Waals surface area contributed by atoms with E-state index in [1.54, 1.807) is 30.1 Å². The Bertz CT molecular complexity index is 919. The molecular weight excluding hydrogens is 320 g/mol. The average Bonchev–Trinajstić information content (AvgIpc) is 3.21. The molecule has 3 aromatic rings. The van der Waals surface area contributed by atoms with Crippen molar-refractivity contribution in [1.82, 2.24) is 30.2 Å². The van der Waals surface area contributed by atoms with Crippen LogP contribution in [0.3, 0.4) is 0 Å². The number of aromatic nitrogens is 5. The zero-order valence-corrected chi connectivity index (χ0v) is 14.9. The Morgan fingerprint density at radius 3 is 2.72 bits per heavy atom. The highest BCUT2D eigenvalue weighted by molar-refractivity contribution is 5.94. The van der Waals surface area contributed by atoms with Crippen LogP contribution in [0.25, 0.3) is 17.3 Å². The minimum Gasteiger partial charge on any atom is -0.355 e. The molecule has 8 heteroatoms. The van der Waals surface area contributed by atoms with E-state index < -0.39 is 0 Å². The van der Waals surface area contributed by atoms with Crippen molar-refractivity contribution in [3.8, 4) is 17.3 Å². The quantitative estimate of drug-likeness (QED) is 0.785. The molecule has 0 unspecified atom stereocenters. The second-order valence-corrected chi connectivity index (χ2v) is 6.71. The van der Waals surface area contributed by atoms with E-state index in [4.69, 9.17) is 4.52 Å². The molecule has 0 spiro atoms. The van der Waals surface area contributed by atoms with E-state index in [-0.39, 0.29) is 11.3 Å². The van der Waals surface area contributed by atoms with E-state index in [1.807, 2.05) is 27.7 Å². The highest BCUT2D eigenvalue weighted by Gasteiger charge is 2.22. The summed E-state index contributed by atoms with van der Waals surface area (Å²) >= 11 is 0. The van der Waals surface area contributed by atoms with Gasteiger partial charge in [0.2, 0.25) is 0 Å². The Kier molecular flexibility index (Phi) is 4.12. The summed E-state index contributed by atoms with van der Waals surface area (Å²) in [7, 11) is 1.58. The summed E-state index contributed by atoms with van der Waals surface area (Å²) in [5.74, 6) is 1.44. The fourth-order valence-corrected chi connectivity index (χ4v) is 2.31. The second kappa shape index (κ2) is 6.12. The van der Waals surface area contributed by atoms with Gasteiger partial charge in [0.05, 0.1) is 17.5 Å². The van der Waals surface area contributed by atoms with Crippen molar-refractivity contribution < 1.29 is 9.32 Å². The molecule has 0 aromatic carbocycles. The van der Waals surface area contributed by atoms with Crippen molar-refractivity contribution in [3.63, 3.8) is 0 Å². The molecule has 8 nitrogen and oxygen atoms in total. The summed E-state index contributed by atoms with van der Waals surface area (Å²) in [5, 5.41) is 10.9. The third-order valence-electron chi connectivity index (χ3n) is 3.79. The Labute approximate surface area is 145 Å². The van der Waals surface area contributed by atoms with Gasteiger partial charge >= 0.3 is 0 Å². The summed E-state index contributed by atoms with van der Waals surface area (Å²) in [4.78, 5) is 20.6. The molecule has 130 valence electrons. The summed E-state index contributed by atoms with van der Waals surface area (Å²) < 4.78 is 6.98. The first-order valence-corrected chi connectivity index (χ1v) is 7.89. The van der Waals surface area contributed by atoms with Gasteiger partial charge in [0.25, 0.3) is 11.8 Å². The van der Waals surface area contributed by atoms with Gasteiger partial charge in [0.15, 0.2) is 11.6 Å². The maximum absolute atomic E-state index is 11.8. The van der Waals surface area contributed by atoms with E-state index in [1.165, 1.54) is 6.20 Å². The third-order valence-corrected chi connectivity index (χ3v) is 3.79. The maximum Gasteiger partial charge on any atom is 0.258 e. The third kappa shape index (κ3) is 3.15. The second-order valence-electron chi connectivity index (χ2n) is 6.71. The lowest BCUT2D eigenvalue weighted by molar-refractivity contribution is 0.0962. The summed E-state index contributed by atoms with van der Waals surface area (Å²) in [5.41, 5.74) is 1.75. The van der Waals surface area contributed by atoms with Crippen molar-refractivity contribution in [2.75, 3.05) is 7.05 Å². The highest BCUT2D eigenvalue weighted by atomic mass is 16.5. The van der Waals surface area contributed by atoms with Gasteiger partial charge in [-0.2, -0.15) is 10.1 Å². The number of hydrogen-bond acceptors (Lipinski definition) is 6. The van der Waals surface area contributed by atoms with Crippen LogP contribution in [0.5, 0.6) is 0 Å². The van der Waals surface area contributed by atoms with Crippen LogP contribution in [-0.2, 0) is 5.41 Å². The standard InChI is InChI=1S/C17H20N6O2/c1-10-12(14(24)18-5)9-20-23(10)13-8-11(6-7-19-13)15-21-16(22-25-15)17(2,3)4/h6-9H,1-5H3,(H,18,24). The molecule has 0 aliphatic rings. The first kappa shape index (κ1) is 16.8. The molecule has 0 saturated heterocycles. The molecule has 25 heavy (non-hydrogen) atoms. The molecule has 0 saturated carbocycles. The largest absolute Gasteiger partial charge is 0.355 e. The van der Waals surface area contributed by atoms with Crippen LogP contribution >= 0.6 is 0 Å². The van der Waals surface area contributed by atoms with Crippen molar-refractivity contribution in [2.24, 2.45) is 0 Å². The predicted octanol–water partition coefficient (Wildman–Crippen LogP) is 2.28. The number of nitrogens with one attached hydrogen (secondary N) is 1. The molecule has 0 aliphatic heterocycles. The van der Waals surface area contributed by atoms with Crippen LogP contribution in [0.2, 0.25) is 0 Å². The van der Waals surface area contributed by atoms with Crippen molar-refractivity contribution >= 4 is 5.91 Å². The van der Waals surface area contributed by atoms with Gasteiger partial charge in [0, 0.05) is 24.2 Å². The smallest absolute Gasteiger partial charge is 0.258 e. The molecule has 0 fully saturated rings. The predicted molar refractivity (Wildman–Crippen MR) is 91.5 cm³/mol. The molecule has 1 amide bonds. The Balaban J connectivity index is 1.99. The van der Waals surface area contributed by atoms with Crippen LogP contribution in [0.1, 0.15) is 42.6 Å². The van der Waals surface area contributed by atoms with Gasteiger partial charge < -0.3 is 9.84 Å². The molecule has 0 atom stereocenters. The Morgan fingerprint density at radius 2 is 2.08 bits per heavy atom. The maximum atomic E-state index is 11.8. The van der Waals surface area contributed by atoms with Crippen molar-refractivity contribution in [1.29, 1.82) is 0 Å². The molecule has 0 aliphatic carbocycles. The number of pyridine rings is 1. The molecule has 0 radical (unpaired) electrons. The number of amides is 1. The lowest BCUT2D eigenvalue weighted by Crippen LogP contribution is -2.18. The Morgan fingerprint density at radius 1 is 1.32 bits per heavy atom. The molecule has 3 heterocycles. The Hall–Kier alpha value is -3.03. The van der Waals surface area contributed by atoms with Gasteiger partial charge in [-0.25, -0.2) is 9.67 Å². The van der Waals surface area contributed by atoms with Gasteiger partial charge in [-0.15, -0.1) is 0 Å². The molecular formula is C17H20N6O2. The van der Waals surface area contributed by atoms with Crippen LogP contribution in [0.15, 0.2) is 29.0 Å². The highest BCUT2D eigenvalue weighted by Crippen LogP contribution is 2.24. The topological polar surface area (TPSA) is 98.7 Å². The average molecular weight is 340 g/mol. The van der Waals surface area contributed by atoms with E-state index in [2.05, 4.69) is 25.5 Å². The molecule has 3 rings (SSSR count). The number of hydrogen-bond donors (Lipinski definition) is 1. The minimum atomic E-state index is -0.196. The van der Waals surface area contributed by atoms with E-state index in [0.717, 1.165) is 5.56 Å². The monoisotopic (exact) mass is 340 g/mol. The van der Waals surface area contributed by atoms with Crippen molar-refractivity contribution in [3.05, 3.63) is 41.6 Å². The van der Waals surface area contributed by atoms with Crippen LogP contribution in [0, 0.1) is 6.92 Å². The number of carbonyl (C=O) groups is 1. The van der Waals surface area contributed by atoms with Gasteiger partial charge in [-0.05, 0) is 19.1 Å². The summed E-state index contributed by atoms with van der Waals surface area (Å²) in [6.45, 7) is 7.88. The zero-order chi connectivity index (χ0) is 18.2. The van der Waals surface area contributed by atoms with E-state index >= 15 is 0 Å². The fourth-order valence-electron chi connectivity index (χ4n) is 2.31. The number of nitrogens with zero attached hydrogens (tertiary/aromatic N) is 5. The lowest BCUT2D eigenvalue weighted by atomic mass is 9.96. The first-order chi connectivity index (χ1) is 11.8. The fraction of sp³-hybridized carbons (Fsp3) is 0.353. The molecule has 1 N–H and O–H groups in total. The van der Waals surface area contributed by atoms with Gasteiger partial charge in [-0.3, -0.25) is 4.79 Å². The number of rotatable bonds is 3. The van der Waals surface area contributed by atoms with Crippen LogP contribution in [0.4, 0.5) is 0 Å². The lowest BCUT2D eigenvalue weighted by Gasteiger charge is -2.10. The minimum absolute atomic E-state index is 0.188. The SMILES string of the molecule is CNC(=O)c1cnn(-c2cc(-c3nc(C(C)(C)C)no3)ccn2)c1C. The summed E-state index contributed by atoms with van der Waals surface area (Å²) in [6, 6.07) is 3.59. The van der Waals surface area contributed by atoms with Gasteiger partial charge in [0.1, 0.15) is 0 Å². The molecule has 3 aromatic heterocycles. The first-order valence-electron chi connectivity index (χ1n) is 7.89.